The van der Waals surface area contributed by atoms with Crippen LogP contribution in [0.3, 0.4) is 0 Å². The van der Waals surface area contributed by atoms with Crippen LogP contribution in [0.1, 0.15) is 18.4 Å². The largest absolute Gasteiger partial charge is 0.365 e. The highest BCUT2D eigenvalue weighted by Gasteiger charge is 2.13. The first kappa shape index (κ1) is 10.8. The third-order valence-corrected chi connectivity index (χ3v) is 2.19. The van der Waals surface area contributed by atoms with Crippen LogP contribution in [0.2, 0.25) is 0 Å². The van der Waals surface area contributed by atoms with Crippen LogP contribution in [-0.4, -0.2) is 27.7 Å². The summed E-state index contributed by atoms with van der Waals surface area (Å²) in [5, 5.41) is 7.01. The van der Waals surface area contributed by atoms with Crippen LogP contribution in [-0.2, 0) is 0 Å². The highest BCUT2D eigenvalue weighted by molar-refractivity contribution is 5.84. The molecule has 3 N–H and O–H groups in total. The summed E-state index contributed by atoms with van der Waals surface area (Å²) in [6.07, 6.45) is 0. The Morgan fingerprint density at radius 2 is 2.12 bits per heavy atom. The minimum absolute atomic E-state index is 0.0503. The maximum absolute atomic E-state index is 5.68. The van der Waals surface area contributed by atoms with Gasteiger partial charge in [-0.3, -0.25) is 0 Å². The summed E-state index contributed by atoms with van der Waals surface area (Å²) in [5.74, 6) is 1.34. The molecule has 16 heavy (non-hydrogen) atoms. The number of rotatable bonds is 3. The molecule has 2 aromatic rings. The van der Waals surface area contributed by atoms with Crippen molar-refractivity contribution in [3.63, 3.8) is 0 Å². The molecule has 0 bridgehead atoms. The number of aryl methyl sites for hydroxylation is 2. The van der Waals surface area contributed by atoms with Crippen molar-refractivity contribution in [3.8, 4) is 0 Å². The summed E-state index contributed by atoms with van der Waals surface area (Å²) < 4.78 is 5.19. The molecule has 86 valence electrons. The van der Waals surface area contributed by atoms with Crippen LogP contribution in [0, 0.1) is 13.8 Å². The van der Waals surface area contributed by atoms with Gasteiger partial charge in [0, 0.05) is 12.6 Å². The van der Waals surface area contributed by atoms with Gasteiger partial charge in [-0.1, -0.05) is 5.16 Å². The normalized spacial score (nSPS) is 13.0. The Morgan fingerprint density at radius 3 is 2.81 bits per heavy atom. The Morgan fingerprint density at radius 1 is 1.38 bits per heavy atom. The molecule has 0 saturated carbocycles. The lowest BCUT2D eigenvalue weighted by molar-refractivity contribution is 0.450. The summed E-state index contributed by atoms with van der Waals surface area (Å²) in [7, 11) is 0. The molecule has 2 rings (SSSR count). The molecule has 0 fully saturated rings. The zero-order chi connectivity index (χ0) is 11.7. The molecular weight excluding hydrogens is 206 g/mol. The Hall–Kier alpha value is -1.69. The van der Waals surface area contributed by atoms with E-state index in [0.717, 1.165) is 11.2 Å². The van der Waals surface area contributed by atoms with Crippen molar-refractivity contribution >= 4 is 16.9 Å². The summed E-state index contributed by atoms with van der Waals surface area (Å²) in [4.78, 5) is 8.56. The minimum Gasteiger partial charge on any atom is -0.365 e. The predicted octanol–water partition coefficient (Wildman–Crippen LogP) is 0.994. The molecule has 6 heteroatoms. The van der Waals surface area contributed by atoms with Crippen molar-refractivity contribution in [2.75, 3.05) is 11.9 Å². The Kier molecular flexibility index (Phi) is 2.74. The van der Waals surface area contributed by atoms with Gasteiger partial charge in [0.1, 0.15) is 17.0 Å². The number of anilines is 1. The van der Waals surface area contributed by atoms with Crippen LogP contribution in [0.5, 0.6) is 0 Å². The summed E-state index contributed by atoms with van der Waals surface area (Å²) in [6.45, 7) is 6.24. The third kappa shape index (κ3) is 1.96. The van der Waals surface area contributed by atoms with Gasteiger partial charge in [0.15, 0.2) is 5.82 Å². The van der Waals surface area contributed by atoms with Crippen molar-refractivity contribution in [1.82, 2.24) is 15.1 Å². The molecule has 0 spiro atoms. The van der Waals surface area contributed by atoms with E-state index in [9.17, 15) is 0 Å². The minimum atomic E-state index is 0.0503. The molecule has 0 amide bonds. The average Bonchev–Trinajstić information content (AvgIpc) is 2.57. The molecule has 0 aliphatic heterocycles. The van der Waals surface area contributed by atoms with Gasteiger partial charge >= 0.3 is 0 Å². The molecule has 1 atom stereocenters. The fraction of sp³-hybridized carbons (Fsp3) is 0.500. The van der Waals surface area contributed by atoms with Crippen molar-refractivity contribution in [2.45, 2.75) is 26.8 Å². The van der Waals surface area contributed by atoms with Gasteiger partial charge in [-0.2, -0.15) is 0 Å². The zero-order valence-electron chi connectivity index (χ0n) is 9.61. The Balaban J connectivity index is 2.43. The molecule has 6 nitrogen and oxygen atoms in total. The lowest BCUT2D eigenvalue weighted by atomic mass is 10.3. The van der Waals surface area contributed by atoms with Crippen LogP contribution in [0.25, 0.3) is 11.1 Å². The molecule has 0 aromatic carbocycles. The van der Waals surface area contributed by atoms with Crippen LogP contribution >= 0.6 is 0 Å². The summed E-state index contributed by atoms with van der Waals surface area (Å²) >= 11 is 0. The number of nitrogens with zero attached hydrogens (tertiary/aromatic N) is 3. The third-order valence-electron chi connectivity index (χ3n) is 2.19. The number of nitrogens with one attached hydrogen (secondary N) is 1. The first-order valence-corrected chi connectivity index (χ1v) is 5.18. The smallest absolute Gasteiger partial charge is 0.227 e. The maximum atomic E-state index is 5.68. The SMILES string of the molecule is Cc1nc(NCC(C)N)c2onc(C)c2n1. The van der Waals surface area contributed by atoms with Crippen LogP contribution in [0.4, 0.5) is 5.82 Å². The first-order chi connectivity index (χ1) is 7.58. The number of fused-ring (bicyclic) bond motifs is 1. The second-order valence-corrected chi connectivity index (χ2v) is 3.92. The number of nitrogens with two attached hydrogens (primary N) is 1. The van der Waals surface area contributed by atoms with Crippen molar-refractivity contribution in [3.05, 3.63) is 11.5 Å². The van der Waals surface area contributed by atoms with E-state index < -0.39 is 0 Å². The van der Waals surface area contributed by atoms with Crippen molar-refractivity contribution in [2.24, 2.45) is 5.73 Å². The molecule has 0 aliphatic rings. The lowest BCUT2D eigenvalue weighted by Gasteiger charge is -2.08. The molecule has 0 radical (unpaired) electrons. The van der Waals surface area contributed by atoms with E-state index in [0.29, 0.717) is 23.8 Å². The van der Waals surface area contributed by atoms with Gasteiger partial charge in [-0.15, -0.1) is 0 Å². The molecule has 0 aliphatic carbocycles. The van der Waals surface area contributed by atoms with E-state index in [-0.39, 0.29) is 6.04 Å². The molecular formula is C10H15N5O. The highest BCUT2D eigenvalue weighted by Crippen LogP contribution is 2.22. The predicted molar refractivity (Wildman–Crippen MR) is 61.2 cm³/mol. The second kappa shape index (κ2) is 4.05. The first-order valence-electron chi connectivity index (χ1n) is 5.18. The van der Waals surface area contributed by atoms with Gasteiger partial charge in [-0.05, 0) is 20.8 Å². The molecule has 2 aromatic heterocycles. The van der Waals surface area contributed by atoms with Crippen molar-refractivity contribution < 1.29 is 4.52 Å². The Bertz CT molecular complexity index is 505. The Labute approximate surface area is 93.2 Å². The van der Waals surface area contributed by atoms with E-state index >= 15 is 0 Å². The number of aromatic nitrogens is 3. The van der Waals surface area contributed by atoms with E-state index in [2.05, 4.69) is 20.4 Å². The highest BCUT2D eigenvalue weighted by atomic mass is 16.5. The van der Waals surface area contributed by atoms with Crippen molar-refractivity contribution in [1.29, 1.82) is 0 Å². The van der Waals surface area contributed by atoms with Gasteiger partial charge in [0.05, 0.1) is 0 Å². The van der Waals surface area contributed by atoms with Gasteiger partial charge < -0.3 is 15.6 Å². The van der Waals surface area contributed by atoms with E-state index in [1.54, 1.807) is 0 Å². The number of hydrogen-bond acceptors (Lipinski definition) is 6. The molecule has 2 heterocycles. The lowest BCUT2D eigenvalue weighted by Crippen LogP contribution is -2.25. The fourth-order valence-electron chi connectivity index (χ4n) is 1.43. The summed E-state index contributed by atoms with van der Waals surface area (Å²) in [5.41, 5.74) is 7.78. The maximum Gasteiger partial charge on any atom is 0.227 e. The van der Waals surface area contributed by atoms with E-state index in [1.165, 1.54) is 0 Å². The standard InChI is InChI=1S/C10H15N5O/c1-5(11)4-12-10-9-8(6(2)15-16-9)13-7(3)14-10/h5H,4,11H2,1-3H3,(H,12,13,14). The number of hydrogen-bond donors (Lipinski definition) is 2. The quantitative estimate of drug-likeness (QED) is 0.803. The second-order valence-electron chi connectivity index (χ2n) is 3.92. The summed E-state index contributed by atoms with van der Waals surface area (Å²) in [6, 6.07) is 0.0503. The monoisotopic (exact) mass is 221 g/mol. The van der Waals surface area contributed by atoms with Crippen LogP contribution < -0.4 is 11.1 Å². The topological polar surface area (TPSA) is 89.9 Å². The molecule has 0 saturated heterocycles. The van der Waals surface area contributed by atoms with Gasteiger partial charge in [0.25, 0.3) is 0 Å². The van der Waals surface area contributed by atoms with E-state index in [4.69, 9.17) is 10.3 Å². The van der Waals surface area contributed by atoms with Gasteiger partial charge in [0.2, 0.25) is 5.58 Å². The van der Waals surface area contributed by atoms with Crippen LogP contribution in [0.15, 0.2) is 4.52 Å². The van der Waals surface area contributed by atoms with Gasteiger partial charge in [-0.25, -0.2) is 9.97 Å². The van der Waals surface area contributed by atoms with E-state index in [1.807, 2.05) is 20.8 Å². The molecule has 1 unspecified atom stereocenters. The average molecular weight is 221 g/mol. The zero-order valence-corrected chi connectivity index (χ0v) is 9.61. The fourth-order valence-corrected chi connectivity index (χ4v) is 1.43.